The predicted octanol–water partition coefficient (Wildman–Crippen LogP) is 3.74. The van der Waals surface area contributed by atoms with Crippen LogP contribution >= 0.6 is 0 Å². The molecule has 2 aromatic heterocycles. The number of H-pyrrole nitrogens is 1. The van der Waals surface area contributed by atoms with Crippen molar-refractivity contribution < 1.29 is 0 Å². The molecule has 3 heteroatoms. The predicted molar refractivity (Wildman–Crippen MR) is 75.8 cm³/mol. The summed E-state index contributed by atoms with van der Waals surface area (Å²) in [4.78, 5) is 7.85. The molecule has 0 unspecified atom stereocenters. The summed E-state index contributed by atoms with van der Waals surface area (Å²) in [6.45, 7) is 0. The van der Waals surface area contributed by atoms with Gasteiger partial charge in [-0.15, -0.1) is 0 Å². The van der Waals surface area contributed by atoms with Crippen LogP contribution in [-0.4, -0.2) is 9.97 Å². The van der Waals surface area contributed by atoms with E-state index in [1.807, 2.05) is 48.7 Å². The number of nitrogens with one attached hydrogen (secondary N) is 1. The van der Waals surface area contributed by atoms with Gasteiger partial charge in [-0.1, -0.05) is 18.2 Å². The Bertz CT molecular complexity index is 974. The molecule has 3 nitrogen and oxygen atoms in total. The monoisotopic (exact) mass is 243 g/mol. The smallest absolute Gasteiger partial charge is 0.0999 e. The van der Waals surface area contributed by atoms with Gasteiger partial charge in [-0.25, -0.2) is 4.98 Å². The molecule has 0 bridgehead atoms. The van der Waals surface area contributed by atoms with E-state index in [1.54, 1.807) is 0 Å². The van der Waals surface area contributed by atoms with Crippen molar-refractivity contribution in [3.05, 3.63) is 54.2 Å². The van der Waals surface area contributed by atoms with Crippen molar-refractivity contribution in [3.8, 4) is 6.07 Å². The fourth-order valence-electron chi connectivity index (χ4n) is 2.63. The van der Waals surface area contributed by atoms with Crippen LogP contribution in [0, 0.1) is 11.3 Å². The van der Waals surface area contributed by atoms with Crippen molar-refractivity contribution in [3.63, 3.8) is 0 Å². The first-order valence-electron chi connectivity index (χ1n) is 6.07. The molecule has 0 saturated carbocycles. The SMILES string of the molecule is N#Cc1cc2[nH]cccc2c2nc3ccccc3c12. The van der Waals surface area contributed by atoms with Gasteiger partial charge in [0.1, 0.15) is 0 Å². The van der Waals surface area contributed by atoms with Crippen LogP contribution in [0.2, 0.25) is 0 Å². The summed E-state index contributed by atoms with van der Waals surface area (Å²) in [7, 11) is 0. The van der Waals surface area contributed by atoms with E-state index in [-0.39, 0.29) is 0 Å². The molecule has 1 N–H and O–H groups in total. The molecule has 0 aliphatic heterocycles. The number of aromatic amines is 1. The number of aromatic nitrogens is 2. The van der Waals surface area contributed by atoms with E-state index < -0.39 is 0 Å². The minimum atomic E-state index is 0.665. The lowest BCUT2D eigenvalue weighted by atomic mass is 10.0. The molecule has 19 heavy (non-hydrogen) atoms. The number of pyridine rings is 1. The number of benzene rings is 2. The van der Waals surface area contributed by atoms with Crippen LogP contribution < -0.4 is 0 Å². The first-order valence-corrected chi connectivity index (χ1v) is 6.07. The second-order valence-electron chi connectivity index (χ2n) is 4.52. The van der Waals surface area contributed by atoms with E-state index in [2.05, 4.69) is 16.0 Å². The summed E-state index contributed by atoms with van der Waals surface area (Å²) in [6, 6.07) is 16.1. The van der Waals surface area contributed by atoms with E-state index in [0.717, 1.165) is 32.7 Å². The first kappa shape index (κ1) is 10.1. The Morgan fingerprint density at radius 2 is 1.89 bits per heavy atom. The normalized spacial score (nSPS) is 11.1. The fraction of sp³-hybridized carbons (Fsp3) is 0. The Kier molecular flexibility index (Phi) is 1.89. The highest BCUT2D eigenvalue weighted by molar-refractivity contribution is 6.18. The summed E-state index contributed by atoms with van der Waals surface area (Å²) < 4.78 is 0. The molecule has 2 aromatic carbocycles. The lowest BCUT2D eigenvalue weighted by Gasteiger charge is -2.01. The van der Waals surface area contributed by atoms with Crippen LogP contribution in [0.3, 0.4) is 0 Å². The lowest BCUT2D eigenvalue weighted by Crippen LogP contribution is -1.83. The second kappa shape index (κ2) is 3.56. The zero-order chi connectivity index (χ0) is 12.8. The molecular formula is C16H9N3. The van der Waals surface area contributed by atoms with Crippen molar-refractivity contribution in [1.82, 2.24) is 9.97 Å². The van der Waals surface area contributed by atoms with Gasteiger partial charge in [0.25, 0.3) is 0 Å². The van der Waals surface area contributed by atoms with Crippen LogP contribution in [0.5, 0.6) is 0 Å². The second-order valence-corrected chi connectivity index (χ2v) is 4.52. The molecule has 2 heterocycles. The third-order valence-electron chi connectivity index (χ3n) is 3.46. The number of hydrogen-bond donors (Lipinski definition) is 1. The summed E-state index contributed by atoms with van der Waals surface area (Å²) >= 11 is 0. The highest BCUT2D eigenvalue weighted by atomic mass is 14.7. The molecule has 0 radical (unpaired) electrons. The van der Waals surface area contributed by atoms with Gasteiger partial charge in [-0.3, -0.25) is 0 Å². The van der Waals surface area contributed by atoms with Gasteiger partial charge in [0.15, 0.2) is 0 Å². The van der Waals surface area contributed by atoms with Gasteiger partial charge < -0.3 is 4.98 Å². The maximum atomic E-state index is 9.38. The van der Waals surface area contributed by atoms with Crippen molar-refractivity contribution in [1.29, 1.82) is 5.26 Å². The minimum absolute atomic E-state index is 0.665. The maximum absolute atomic E-state index is 9.38. The number of nitrogens with zero attached hydrogens (tertiary/aromatic N) is 2. The first-order chi connectivity index (χ1) is 9.38. The van der Waals surface area contributed by atoms with Crippen LogP contribution in [0.25, 0.3) is 32.7 Å². The zero-order valence-corrected chi connectivity index (χ0v) is 10.0. The largest absolute Gasteiger partial charge is 0.361 e. The van der Waals surface area contributed by atoms with Gasteiger partial charge in [0, 0.05) is 27.9 Å². The zero-order valence-electron chi connectivity index (χ0n) is 10.0. The molecule has 4 aromatic rings. The van der Waals surface area contributed by atoms with E-state index in [1.165, 1.54) is 0 Å². The number of para-hydroxylation sites is 1. The van der Waals surface area contributed by atoms with E-state index >= 15 is 0 Å². The summed E-state index contributed by atoms with van der Waals surface area (Å²) in [5, 5.41) is 12.4. The Labute approximate surface area is 109 Å². The highest BCUT2D eigenvalue weighted by Gasteiger charge is 2.13. The van der Waals surface area contributed by atoms with E-state index in [0.29, 0.717) is 5.56 Å². The maximum Gasteiger partial charge on any atom is 0.0999 e. The van der Waals surface area contributed by atoms with Gasteiger partial charge >= 0.3 is 0 Å². The van der Waals surface area contributed by atoms with Crippen molar-refractivity contribution >= 4 is 32.7 Å². The Hall–Kier alpha value is -2.86. The standard InChI is InChI=1S/C16H9N3/c17-9-10-8-14-12(5-3-7-18-14)16-15(10)11-4-1-2-6-13(11)19-16/h1-8,18H. The van der Waals surface area contributed by atoms with Gasteiger partial charge in [0.2, 0.25) is 0 Å². The molecular weight excluding hydrogens is 234 g/mol. The van der Waals surface area contributed by atoms with Crippen molar-refractivity contribution in [2.75, 3.05) is 0 Å². The van der Waals surface area contributed by atoms with Crippen LogP contribution in [0.1, 0.15) is 5.56 Å². The van der Waals surface area contributed by atoms with Gasteiger partial charge in [0.05, 0.1) is 22.7 Å². The molecule has 4 rings (SSSR count). The Morgan fingerprint density at radius 3 is 2.79 bits per heavy atom. The number of fused-ring (bicyclic) bond motifs is 5. The lowest BCUT2D eigenvalue weighted by molar-refractivity contribution is 1.41. The quantitative estimate of drug-likeness (QED) is 0.511. The Balaban J connectivity index is 2.39. The fourth-order valence-corrected chi connectivity index (χ4v) is 2.63. The number of nitriles is 1. The molecule has 0 spiro atoms. The van der Waals surface area contributed by atoms with Gasteiger partial charge in [-0.05, 0) is 24.3 Å². The molecule has 0 atom stereocenters. The third kappa shape index (κ3) is 1.28. The van der Waals surface area contributed by atoms with Crippen molar-refractivity contribution in [2.45, 2.75) is 0 Å². The van der Waals surface area contributed by atoms with E-state index in [4.69, 9.17) is 0 Å². The summed E-state index contributed by atoms with van der Waals surface area (Å²) in [6.07, 6.45) is 1.86. The number of rotatable bonds is 0. The average molecular weight is 243 g/mol. The Morgan fingerprint density at radius 1 is 1.05 bits per heavy atom. The van der Waals surface area contributed by atoms with Crippen molar-refractivity contribution in [2.24, 2.45) is 0 Å². The summed E-state index contributed by atoms with van der Waals surface area (Å²) in [5.74, 6) is 0. The van der Waals surface area contributed by atoms with E-state index in [9.17, 15) is 5.26 Å². The molecule has 0 saturated heterocycles. The molecule has 0 fully saturated rings. The molecule has 0 amide bonds. The molecule has 88 valence electrons. The average Bonchev–Trinajstić information content (AvgIpc) is 2.86. The van der Waals surface area contributed by atoms with Crippen LogP contribution in [0.15, 0.2) is 48.7 Å². The van der Waals surface area contributed by atoms with Crippen LogP contribution in [-0.2, 0) is 0 Å². The minimum Gasteiger partial charge on any atom is -0.361 e. The number of hydrogen-bond acceptors (Lipinski definition) is 2. The topological polar surface area (TPSA) is 52.5 Å². The van der Waals surface area contributed by atoms with Crippen LogP contribution in [0.4, 0.5) is 0 Å². The third-order valence-corrected chi connectivity index (χ3v) is 3.46. The van der Waals surface area contributed by atoms with Gasteiger partial charge in [-0.2, -0.15) is 5.26 Å². The molecule has 0 aliphatic rings. The summed E-state index contributed by atoms with van der Waals surface area (Å²) in [5.41, 5.74) is 3.44. The highest BCUT2D eigenvalue weighted by Crippen LogP contribution is 2.32. The molecule has 0 aliphatic carbocycles.